The minimum absolute atomic E-state index is 0.0198. The summed E-state index contributed by atoms with van der Waals surface area (Å²) in [5, 5.41) is 11.5. The summed E-state index contributed by atoms with van der Waals surface area (Å²) in [7, 11) is 0. The molecule has 0 fully saturated rings. The van der Waals surface area contributed by atoms with E-state index in [2.05, 4.69) is 29.5 Å². The minimum Gasteiger partial charge on any atom is -0.354 e. The number of benzene rings is 3. The maximum atomic E-state index is 14.0. The van der Waals surface area contributed by atoms with Crippen LogP contribution in [0.4, 0.5) is 0 Å². The van der Waals surface area contributed by atoms with Gasteiger partial charge in [0.05, 0.1) is 5.52 Å². The molecule has 0 saturated carbocycles. The molecule has 0 aliphatic carbocycles. The number of carbonyl (C=O) groups excluding carboxylic acids is 2. The molecule has 0 unspecified atom stereocenters. The second-order valence-corrected chi connectivity index (χ2v) is 10.0. The highest BCUT2D eigenvalue weighted by Crippen LogP contribution is 2.25. The lowest BCUT2D eigenvalue weighted by molar-refractivity contribution is -0.142. The third-order valence-electron chi connectivity index (χ3n) is 6.47. The van der Waals surface area contributed by atoms with Crippen LogP contribution in [0.25, 0.3) is 11.0 Å². The number of para-hydroxylation sites is 1. The Bertz CT molecular complexity index is 1340. The number of aromatic nitrogens is 3. The lowest BCUT2D eigenvalue weighted by atomic mass is 10.0. The summed E-state index contributed by atoms with van der Waals surface area (Å²) in [4.78, 5) is 29.3. The Hall–Kier alpha value is -4.00. The third-order valence-corrected chi connectivity index (χ3v) is 6.47. The van der Waals surface area contributed by atoms with Gasteiger partial charge in [0.15, 0.2) is 0 Å². The van der Waals surface area contributed by atoms with E-state index in [1.807, 2.05) is 86.6 Å². The molecular formula is C30H35N5O2. The number of carbonyl (C=O) groups is 2. The second-order valence-electron chi connectivity index (χ2n) is 10.0. The molecule has 1 heterocycles. The number of rotatable bonds is 10. The zero-order valence-corrected chi connectivity index (χ0v) is 22.0. The van der Waals surface area contributed by atoms with Gasteiger partial charge in [0.1, 0.15) is 18.1 Å². The van der Waals surface area contributed by atoms with Crippen LogP contribution in [0, 0.1) is 19.8 Å². The first-order chi connectivity index (χ1) is 17.8. The van der Waals surface area contributed by atoms with Crippen molar-refractivity contribution in [2.24, 2.45) is 5.92 Å². The van der Waals surface area contributed by atoms with E-state index in [4.69, 9.17) is 0 Å². The number of amides is 2. The van der Waals surface area contributed by atoms with E-state index in [1.54, 1.807) is 9.58 Å². The SMILES string of the molecule is Cc1ccc(CN(C(=O)Cn2nnc3ccccc32)[C@@H](C(=O)NCCC(C)C)c2ccc(C)cc2)cc1. The van der Waals surface area contributed by atoms with Gasteiger partial charge in [0.25, 0.3) is 0 Å². The normalized spacial score (nSPS) is 12.0. The fourth-order valence-electron chi connectivity index (χ4n) is 4.27. The summed E-state index contributed by atoms with van der Waals surface area (Å²) in [5.74, 6) is 0.0678. The topological polar surface area (TPSA) is 80.1 Å². The molecule has 1 atom stereocenters. The minimum atomic E-state index is -0.781. The average Bonchev–Trinajstić information content (AvgIpc) is 3.28. The summed E-state index contributed by atoms with van der Waals surface area (Å²) in [6.07, 6.45) is 0.864. The first kappa shape index (κ1) is 26.1. The zero-order valence-electron chi connectivity index (χ0n) is 22.0. The van der Waals surface area contributed by atoms with E-state index >= 15 is 0 Å². The lowest BCUT2D eigenvalue weighted by Gasteiger charge is -2.32. The molecule has 2 amide bonds. The second kappa shape index (κ2) is 11.8. The first-order valence-electron chi connectivity index (χ1n) is 12.8. The van der Waals surface area contributed by atoms with Gasteiger partial charge in [-0.25, -0.2) is 4.68 Å². The number of fused-ring (bicyclic) bond motifs is 1. The molecule has 7 heteroatoms. The van der Waals surface area contributed by atoms with Crippen molar-refractivity contribution >= 4 is 22.8 Å². The highest BCUT2D eigenvalue weighted by Gasteiger charge is 2.32. The molecule has 0 saturated heterocycles. The summed E-state index contributed by atoms with van der Waals surface area (Å²) >= 11 is 0. The molecule has 3 aromatic carbocycles. The molecule has 0 spiro atoms. The van der Waals surface area contributed by atoms with E-state index < -0.39 is 6.04 Å². The van der Waals surface area contributed by atoms with Crippen molar-refractivity contribution in [3.63, 3.8) is 0 Å². The van der Waals surface area contributed by atoms with E-state index in [0.29, 0.717) is 19.0 Å². The predicted molar refractivity (Wildman–Crippen MR) is 146 cm³/mol. The van der Waals surface area contributed by atoms with Crippen molar-refractivity contribution in [1.29, 1.82) is 0 Å². The van der Waals surface area contributed by atoms with E-state index in [0.717, 1.165) is 39.7 Å². The molecular weight excluding hydrogens is 462 g/mol. The molecule has 7 nitrogen and oxygen atoms in total. The average molecular weight is 498 g/mol. The third kappa shape index (κ3) is 6.61. The Morgan fingerprint density at radius 3 is 2.24 bits per heavy atom. The van der Waals surface area contributed by atoms with Crippen LogP contribution in [0.15, 0.2) is 72.8 Å². The van der Waals surface area contributed by atoms with Crippen molar-refractivity contribution < 1.29 is 9.59 Å². The highest BCUT2D eigenvalue weighted by molar-refractivity contribution is 5.89. The number of nitrogens with one attached hydrogen (secondary N) is 1. The van der Waals surface area contributed by atoms with Gasteiger partial charge >= 0.3 is 0 Å². The van der Waals surface area contributed by atoms with E-state index in [9.17, 15) is 9.59 Å². The quantitative estimate of drug-likeness (QED) is 0.335. The number of nitrogens with zero attached hydrogens (tertiary/aromatic N) is 4. The predicted octanol–water partition coefficient (Wildman–Crippen LogP) is 4.98. The van der Waals surface area contributed by atoms with Gasteiger partial charge in [-0.3, -0.25) is 9.59 Å². The Kier molecular flexibility index (Phi) is 8.33. The molecule has 37 heavy (non-hydrogen) atoms. The highest BCUT2D eigenvalue weighted by atomic mass is 16.2. The Labute approximate surface area is 218 Å². The lowest BCUT2D eigenvalue weighted by Crippen LogP contribution is -2.45. The summed E-state index contributed by atoms with van der Waals surface area (Å²) in [5.41, 5.74) is 5.46. The van der Waals surface area contributed by atoms with Crippen LogP contribution in [0.2, 0.25) is 0 Å². The Balaban J connectivity index is 1.71. The smallest absolute Gasteiger partial charge is 0.247 e. The molecule has 0 radical (unpaired) electrons. The molecule has 1 aromatic heterocycles. The standard InChI is InChI=1S/C30H35N5O2/c1-21(2)17-18-31-30(37)29(25-15-11-23(4)12-16-25)34(19-24-13-9-22(3)10-14-24)28(36)20-35-27-8-6-5-7-26(27)32-33-35/h5-16,21,29H,17-20H2,1-4H3,(H,31,37)/t29-/m1/s1. The van der Waals surface area contributed by atoms with E-state index in [1.165, 1.54) is 0 Å². The number of hydrogen-bond donors (Lipinski definition) is 1. The summed E-state index contributed by atoms with van der Waals surface area (Å²) in [6.45, 7) is 9.11. The Morgan fingerprint density at radius 2 is 1.57 bits per heavy atom. The summed E-state index contributed by atoms with van der Waals surface area (Å²) < 4.78 is 1.60. The fourth-order valence-corrected chi connectivity index (χ4v) is 4.27. The van der Waals surface area contributed by atoms with Gasteiger partial charge < -0.3 is 10.2 Å². The van der Waals surface area contributed by atoms with Crippen LogP contribution in [0.3, 0.4) is 0 Å². The van der Waals surface area contributed by atoms with E-state index in [-0.39, 0.29) is 18.4 Å². The maximum Gasteiger partial charge on any atom is 0.247 e. The monoisotopic (exact) mass is 497 g/mol. The van der Waals surface area contributed by atoms with Crippen LogP contribution >= 0.6 is 0 Å². The van der Waals surface area contributed by atoms with Gasteiger partial charge in [0, 0.05) is 13.1 Å². The number of aryl methyl sites for hydroxylation is 2. The largest absolute Gasteiger partial charge is 0.354 e. The van der Waals surface area contributed by atoms with Crippen LogP contribution in [0.1, 0.15) is 48.6 Å². The van der Waals surface area contributed by atoms with Crippen molar-refractivity contribution in [2.45, 2.75) is 53.2 Å². The maximum absolute atomic E-state index is 14.0. The number of hydrogen-bond acceptors (Lipinski definition) is 4. The van der Waals surface area contributed by atoms with Crippen LogP contribution in [-0.2, 0) is 22.7 Å². The molecule has 0 bridgehead atoms. The van der Waals surface area contributed by atoms with Crippen molar-refractivity contribution in [2.75, 3.05) is 6.54 Å². The van der Waals surface area contributed by atoms with Crippen LogP contribution in [0.5, 0.6) is 0 Å². The summed E-state index contributed by atoms with van der Waals surface area (Å²) in [6, 6.07) is 22.6. The molecule has 0 aliphatic heterocycles. The molecule has 0 aliphatic rings. The van der Waals surface area contributed by atoms with Crippen molar-refractivity contribution in [3.05, 3.63) is 95.1 Å². The van der Waals surface area contributed by atoms with Crippen molar-refractivity contribution in [1.82, 2.24) is 25.2 Å². The zero-order chi connectivity index (χ0) is 26.4. The van der Waals surface area contributed by atoms with Gasteiger partial charge in [-0.2, -0.15) is 0 Å². The van der Waals surface area contributed by atoms with Crippen LogP contribution in [-0.4, -0.2) is 38.3 Å². The molecule has 192 valence electrons. The van der Waals surface area contributed by atoms with Crippen LogP contribution < -0.4 is 5.32 Å². The van der Waals surface area contributed by atoms with Gasteiger partial charge in [0.2, 0.25) is 11.8 Å². The molecule has 4 rings (SSSR count). The Morgan fingerprint density at radius 1 is 0.919 bits per heavy atom. The molecule has 4 aromatic rings. The fraction of sp³-hybridized carbons (Fsp3) is 0.333. The van der Waals surface area contributed by atoms with Crippen molar-refractivity contribution in [3.8, 4) is 0 Å². The van der Waals surface area contributed by atoms with Gasteiger partial charge in [-0.15, -0.1) is 5.10 Å². The van der Waals surface area contributed by atoms with Gasteiger partial charge in [-0.1, -0.05) is 90.9 Å². The first-order valence-corrected chi connectivity index (χ1v) is 12.8. The van der Waals surface area contributed by atoms with Gasteiger partial charge in [-0.05, 0) is 49.4 Å². The molecule has 1 N–H and O–H groups in total.